The van der Waals surface area contributed by atoms with Crippen LogP contribution in [-0.2, 0) is 10.9 Å². The van der Waals surface area contributed by atoms with E-state index >= 15 is 0 Å². The van der Waals surface area contributed by atoms with E-state index < -0.39 is 10.9 Å². The fourth-order valence-electron chi connectivity index (χ4n) is 0.585. The predicted octanol–water partition coefficient (Wildman–Crippen LogP) is 0.394. The number of hydroxylamine groups is 1. The van der Waals surface area contributed by atoms with E-state index in [1.165, 1.54) is 0 Å². The number of rotatable bonds is 5. The van der Waals surface area contributed by atoms with Gasteiger partial charge in [0.15, 0.2) is 0 Å². The molecule has 0 aliphatic carbocycles. The van der Waals surface area contributed by atoms with Gasteiger partial charge < -0.3 is 0 Å². The molecule has 0 aromatic rings. The van der Waals surface area contributed by atoms with Gasteiger partial charge in [0.25, 0.3) is 0 Å². The third kappa shape index (κ3) is 4.72. The van der Waals surface area contributed by atoms with Gasteiger partial charge in [0, 0.05) is 6.54 Å². The molecule has 0 bridgehead atoms. The van der Waals surface area contributed by atoms with Gasteiger partial charge in [-0.25, -0.2) is 8.42 Å². The number of nitrogens with zero attached hydrogens (tertiary/aromatic N) is 1. The van der Waals surface area contributed by atoms with E-state index in [9.17, 15) is 8.42 Å². The minimum atomic E-state index is -2.79. The molecule has 62 valence electrons. The van der Waals surface area contributed by atoms with Crippen molar-refractivity contribution in [2.75, 3.05) is 6.54 Å². The van der Waals surface area contributed by atoms with E-state index in [0.717, 1.165) is 19.3 Å². The fraction of sp³-hybridized carbons (Fsp3) is 1.00. The van der Waals surface area contributed by atoms with Gasteiger partial charge in [-0.2, -0.15) is 0 Å². The van der Waals surface area contributed by atoms with Crippen molar-refractivity contribution in [2.24, 2.45) is 0 Å². The van der Waals surface area contributed by atoms with Crippen molar-refractivity contribution in [3.63, 3.8) is 0 Å². The van der Waals surface area contributed by atoms with Crippen LogP contribution in [0.5, 0.6) is 0 Å². The Hall–Kier alpha value is -0.130. The van der Waals surface area contributed by atoms with Crippen LogP contribution < -0.4 is 0 Å². The zero-order chi connectivity index (χ0) is 7.98. The maximum absolute atomic E-state index is 10.0. The fourth-order valence-corrected chi connectivity index (χ4v) is 0.890. The third-order valence-electron chi connectivity index (χ3n) is 1.15. The van der Waals surface area contributed by atoms with Crippen molar-refractivity contribution in [2.45, 2.75) is 26.2 Å². The highest BCUT2D eigenvalue weighted by molar-refractivity contribution is 7.69. The first-order chi connectivity index (χ1) is 4.68. The maximum Gasteiger partial charge on any atom is 0.225 e. The van der Waals surface area contributed by atoms with Crippen molar-refractivity contribution in [1.29, 1.82) is 0 Å². The maximum atomic E-state index is 10.0. The molecule has 0 saturated carbocycles. The standard InChI is InChI=1S/C5H13NO3S/c1-2-3-4-5-6(7)10(8)9/h7,10H,2-5H2,1H3. The molecule has 1 N–H and O–H groups in total. The molecule has 0 atom stereocenters. The molecule has 0 heterocycles. The first-order valence-electron chi connectivity index (χ1n) is 3.29. The predicted molar refractivity (Wildman–Crippen MR) is 38.3 cm³/mol. The van der Waals surface area contributed by atoms with E-state index in [4.69, 9.17) is 5.21 Å². The average Bonchev–Trinajstić information content (AvgIpc) is 1.88. The number of unbranched alkanes of at least 4 members (excludes halogenated alkanes) is 2. The lowest BCUT2D eigenvalue weighted by molar-refractivity contribution is 0.00659. The summed E-state index contributed by atoms with van der Waals surface area (Å²) >= 11 is 0. The van der Waals surface area contributed by atoms with Crippen molar-refractivity contribution in [3.8, 4) is 0 Å². The molecular weight excluding hydrogens is 154 g/mol. The number of thiol groups is 1. The molecule has 0 aliphatic rings. The Morgan fingerprint density at radius 2 is 2.00 bits per heavy atom. The molecule has 0 rings (SSSR count). The Balaban J connectivity index is 3.30. The summed E-state index contributed by atoms with van der Waals surface area (Å²) in [5, 5.41) is 8.59. The van der Waals surface area contributed by atoms with Crippen LogP contribution in [0.4, 0.5) is 0 Å². The van der Waals surface area contributed by atoms with Crippen molar-refractivity contribution in [1.82, 2.24) is 4.47 Å². The Labute approximate surface area is 62.5 Å². The first-order valence-corrected chi connectivity index (χ1v) is 4.42. The zero-order valence-electron chi connectivity index (χ0n) is 5.99. The van der Waals surface area contributed by atoms with Gasteiger partial charge in [0.2, 0.25) is 10.9 Å². The van der Waals surface area contributed by atoms with Crippen molar-refractivity contribution in [3.05, 3.63) is 0 Å². The summed E-state index contributed by atoms with van der Waals surface area (Å²) in [6, 6.07) is 0. The molecule has 0 fully saturated rings. The lowest BCUT2D eigenvalue weighted by Gasteiger charge is -2.04. The zero-order valence-corrected chi connectivity index (χ0v) is 6.88. The molecule has 0 radical (unpaired) electrons. The second-order valence-electron chi connectivity index (χ2n) is 2.04. The van der Waals surface area contributed by atoms with Crippen LogP contribution in [0.15, 0.2) is 0 Å². The van der Waals surface area contributed by atoms with Crippen molar-refractivity contribution < 1.29 is 13.6 Å². The molecular formula is C5H13NO3S. The van der Waals surface area contributed by atoms with E-state index in [1.807, 2.05) is 6.92 Å². The van der Waals surface area contributed by atoms with E-state index in [2.05, 4.69) is 0 Å². The molecule has 5 heteroatoms. The van der Waals surface area contributed by atoms with Crippen molar-refractivity contribution >= 4 is 10.9 Å². The smallest absolute Gasteiger partial charge is 0.225 e. The largest absolute Gasteiger partial charge is 0.300 e. The van der Waals surface area contributed by atoms with Gasteiger partial charge in [-0.3, -0.25) is 5.21 Å². The summed E-state index contributed by atoms with van der Waals surface area (Å²) in [7, 11) is -2.79. The van der Waals surface area contributed by atoms with Gasteiger partial charge >= 0.3 is 0 Å². The van der Waals surface area contributed by atoms with Gasteiger partial charge in [-0.1, -0.05) is 24.2 Å². The molecule has 0 aromatic heterocycles. The lowest BCUT2D eigenvalue weighted by Crippen LogP contribution is -2.17. The van der Waals surface area contributed by atoms with Crippen LogP contribution in [-0.4, -0.2) is 24.6 Å². The second kappa shape index (κ2) is 5.64. The highest BCUT2D eigenvalue weighted by atomic mass is 32.2. The first kappa shape index (κ1) is 9.87. The summed E-state index contributed by atoms with van der Waals surface area (Å²) in [4.78, 5) is 0. The van der Waals surface area contributed by atoms with Crippen LogP contribution in [0, 0.1) is 0 Å². The van der Waals surface area contributed by atoms with Gasteiger partial charge in [0.05, 0.1) is 0 Å². The highest BCUT2D eigenvalue weighted by Crippen LogP contribution is 1.95. The molecule has 0 aliphatic heterocycles. The second-order valence-corrected chi connectivity index (χ2v) is 2.98. The summed E-state index contributed by atoms with van der Waals surface area (Å²) in [6.45, 7) is 2.23. The van der Waals surface area contributed by atoms with Crippen LogP contribution in [0.25, 0.3) is 0 Å². The van der Waals surface area contributed by atoms with Gasteiger partial charge in [-0.05, 0) is 6.42 Å². The van der Waals surface area contributed by atoms with Gasteiger partial charge in [0.1, 0.15) is 0 Å². The molecule has 0 saturated heterocycles. The van der Waals surface area contributed by atoms with Crippen LogP contribution in [0.3, 0.4) is 0 Å². The van der Waals surface area contributed by atoms with Crippen LogP contribution in [0.2, 0.25) is 0 Å². The molecule has 0 spiro atoms. The Morgan fingerprint density at radius 3 is 2.40 bits per heavy atom. The Kier molecular flexibility index (Phi) is 5.57. The van der Waals surface area contributed by atoms with E-state index in [-0.39, 0.29) is 6.54 Å². The molecule has 0 aromatic carbocycles. The average molecular weight is 167 g/mol. The Morgan fingerprint density at radius 1 is 1.40 bits per heavy atom. The minimum absolute atomic E-state index is 0.215. The van der Waals surface area contributed by atoms with Crippen LogP contribution >= 0.6 is 0 Å². The highest BCUT2D eigenvalue weighted by Gasteiger charge is 1.98. The molecule has 0 unspecified atom stereocenters. The normalized spacial score (nSPS) is 11.2. The summed E-state index contributed by atoms with van der Waals surface area (Å²) in [5.41, 5.74) is 0. The Bertz CT molecular complexity index is 138. The number of hydrogen-bond acceptors (Lipinski definition) is 3. The minimum Gasteiger partial charge on any atom is -0.300 e. The van der Waals surface area contributed by atoms with E-state index in [1.54, 1.807) is 0 Å². The monoisotopic (exact) mass is 167 g/mol. The quantitative estimate of drug-likeness (QED) is 0.354. The van der Waals surface area contributed by atoms with Gasteiger partial charge in [-0.15, -0.1) is 0 Å². The summed E-state index contributed by atoms with van der Waals surface area (Å²) < 4.78 is 20.4. The molecule has 0 amide bonds. The number of hydrogen-bond donors (Lipinski definition) is 2. The SMILES string of the molecule is CCCCCN(O)[SH](=O)=O. The molecule has 4 nitrogen and oxygen atoms in total. The van der Waals surface area contributed by atoms with Crippen LogP contribution in [0.1, 0.15) is 26.2 Å². The molecule has 10 heavy (non-hydrogen) atoms. The third-order valence-corrected chi connectivity index (χ3v) is 1.73. The van der Waals surface area contributed by atoms with E-state index in [0.29, 0.717) is 4.47 Å². The topological polar surface area (TPSA) is 57.6 Å². The summed E-state index contributed by atoms with van der Waals surface area (Å²) in [5.74, 6) is 0. The lowest BCUT2D eigenvalue weighted by atomic mass is 10.3. The summed E-state index contributed by atoms with van der Waals surface area (Å²) in [6.07, 6.45) is 2.68.